The van der Waals surface area contributed by atoms with Gasteiger partial charge in [-0.15, -0.1) is 0 Å². The van der Waals surface area contributed by atoms with E-state index in [0.29, 0.717) is 17.5 Å². The fraction of sp³-hybridized carbons (Fsp3) is 0.474. The van der Waals surface area contributed by atoms with Crippen LogP contribution in [0.2, 0.25) is 0 Å². The molecule has 0 radical (unpaired) electrons. The van der Waals surface area contributed by atoms with Crippen LogP contribution in [0.3, 0.4) is 0 Å². The topological polar surface area (TPSA) is 43.9 Å². The summed E-state index contributed by atoms with van der Waals surface area (Å²) in [5.41, 5.74) is 3.09. The predicted octanol–water partition coefficient (Wildman–Crippen LogP) is 3.40. The third kappa shape index (κ3) is 3.00. The van der Waals surface area contributed by atoms with Crippen molar-refractivity contribution in [2.24, 2.45) is 0 Å². The first-order chi connectivity index (χ1) is 12.6. The minimum atomic E-state index is 0.374. The minimum Gasteiger partial charge on any atom is -0.497 e. The molecule has 3 heterocycles. The van der Waals surface area contributed by atoms with Crippen LogP contribution in [-0.2, 0) is 11.4 Å². The highest BCUT2D eigenvalue weighted by molar-refractivity contribution is 7.71. The zero-order chi connectivity index (χ0) is 18.3. The van der Waals surface area contributed by atoms with Crippen molar-refractivity contribution in [3.63, 3.8) is 0 Å². The van der Waals surface area contributed by atoms with Crippen LogP contribution in [0.4, 0.5) is 0 Å². The van der Waals surface area contributed by atoms with Crippen LogP contribution in [0.15, 0.2) is 24.3 Å². The molecule has 4 rings (SSSR count). The molecule has 1 aromatic carbocycles. The van der Waals surface area contributed by atoms with E-state index >= 15 is 0 Å². The van der Waals surface area contributed by atoms with Gasteiger partial charge >= 0.3 is 0 Å². The maximum Gasteiger partial charge on any atom is 0.204 e. The fourth-order valence-corrected chi connectivity index (χ4v) is 4.03. The molecule has 2 aromatic heterocycles. The average molecular weight is 372 g/mol. The zero-order valence-electron chi connectivity index (χ0n) is 15.4. The Hall–Kier alpha value is -1.96. The highest BCUT2D eigenvalue weighted by Gasteiger charge is 2.20. The number of hydrogen-bond acceptors (Lipinski definition) is 5. The monoisotopic (exact) mass is 372 g/mol. The quantitative estimate of drug-likeness (QED) is 0.657. The van der Waals surface area contributed by atoms with Crippen molar-refractivity contribution in [2.75, 3.05) is 27.3 Å². The molecule has 0 atom stereocenters. The normalized spacial score (nSPS) is 16.6. The van der Waals surface area contributed by atoms with Crippen molar-refractivity contribution < 1.29 is 9.47 Å². The number of likely N-dealkylation sites (tertiary alicyclic amines) is 1. The Morgan fingerprint density at radius 3 is 2.65 bits per heavy atom. The Labute approximate surface area is 157 Å². The standard InChI is InChI=1S/C19H24N4O2S/c1-13-10-18-20-22(12-21-8-6-14(24-2)7-9-21)19(26)23(18)17-11-15(25-3)4-5-16(13)17/h4-5,10-11,14H,6-9,12H2,1-3H3. The molecule has 3 aromatic rings. The summed E-state index contributed by atoms with van der Waals surface area (Å²) in [6.45, 7) is 4.82. The van der Waals surface area contributed by atoms with Gasteiger partial charge in [0, 0.05) is 31.7 Å². The van der Waals surface area contributed by atoms with E-state index < -0.39 is 0 Å². The number of aryl methyl sites for hydroxylation is 1. The van der Waals surface area contributed by atoms with Gasteiger partial charge in [0.25, 0.3) is 0 Å². The molecule has 1 aliphatic heterocycles. The summed E-state index contributed by atoms with van der Waals surface area (Å²) in [4.78, 5) is 2.38. The highest BCUT2D eigenvalue weighted by atomic mass is 32.1. The lowest BCUT2D eigenvalue weighted by molar-refractivity contribution is 0.0302. The maximum atomic E-state index is 5.76. The van der Waals surface area contributed by atoms with Crippen LogP contribution in [0.5, 0.6) is 5.75 Å². The predicted molar refractivity (Wildman–Crippen MR) is 104 cm³/mol. The third-order valence-corrected chi connectivity index (χ3v) is 5.68. The Morgan fingerprint density at radius 2 is 1.96 bits per heavy atom. The van der Waals surface area contributed by atoms with Gasteiger partial charge in [-0.2, -0.15) is 5.10 Å². The molecule has 138 valence electrons. The van der Waals surface area contributed by atoms with E-state index in [1.807, 2.05) is 21.2 Å². The lowest BCUT2D eigenvalue weighted by atomic mass is 10.1. The first-order valence-electron chi connectivity index (χ1n) is 8.93. The summed E-state index contributed by atoms with van der Waals surface area (Å²) >= 11 is 5.76. The third-order valence-electron chi connectivity index (χ3n) is 5.28. The Morgan fingerprint density at radius 1 is 1.19 bits per heavy atom. The molecule has 0 unspecified atom stereocenters. The van der Waals surface area contributed by atoms with Gasteiger partial charge in [-0.05, 0) is 55.7 Å². The largest absolute Gasteiger partial charge is 0.497 e. The first kappa shape index (κ1) is 17.5. The van der Waals surface area contributed by atoms with Gasteiger partial charge in [-0.1, -0.05) is 0 Å². The maximum absolute atomic E-state index is 5.76. The number of fused-ring (bicyclic) bond motifs is 3. The molecule has 26 heavy (non-hydrogen) atoms. The van der Waals surface area contributed by atoms with Crippen molar-refractivity contribution in [1.82, 2.24) is 19.1 Å². The number of rotatable bonds is 4. The molecule has 0 amide bonds. The molecule has 1 saturated heterocycles. The summed E-state index contributed by atoms with van der Waals surface area (Å²) in [6.07, 6.45) is 2.48. The molecular weight excluding hydrogens is 348 g/mol. The van der Waals surface area contributed by atoms with Crippen molar-refractivity contribution in [2.45, 2.75) is 32.5 Å². The number of nitrogens with zero attached hydrogens (tertiary/aromatic N) is 4. The second-order valence-electron chi connectivity index (χ2n) is 6.88. The van der Waals surface area contributed by atoms with E-state index in [4.69, 9.17) is 26.8 Å². The van der Waals surface area contributed by atoms with Gasteiger partial charge in [0.05, 0.1) is 25.4 Å². The van der Waals surface area contributed by atoms with Gasteiger partial charge in [0.1, 0.15) is 5.75 Å². The number of benzene rings is 1. The van der Waals surface area contributed by atoms with Crippen LogP contribution < -0.4 is 4.74 Å². The lowest BCUT2D eigenvalue weighted by Gasteiger charge is -2.30. The van der Waals surface area contributed by atoms with Crippen LogP contribution in [0.1, 0.15) is 18.4 Å². The minimum absolute atomic E-state index is 0.374. The molecule has 6 nitrogen and oxygen atoms in total. The average Bonchev–Trinajstić information content (AvgIpc) is 2.97. The van der Waals surface area contributed by atoms with Crippen LogP contribution in [0.25, 0.3) is 16.6 Å². The zero-order valence-corrected chi connectivity index (χ0v) is 16.3. The molecule has 1 fully saturated rings. The summed E-state index contributed by atoms with van der Waals surface area (Å²) < 4.78 is 15.5. The first-order valence-corrected chi connectivity index (χ1v) is 9.33. The second kappa shape index (κ2) is 6.98. The van der Waals surface area contributed by atoms with Crippen molar-refractivity contribution in [3.8, 4) is 5.75 Å². The Kier molecular flexibility index (Phi) is 4.69. The van der Waals surface area contributed by atoms with Gasteiger partial charge in [0.2, 0.25) is 4.77 Å². The van der Waals surface area contributed by atoms with Crippen molar-refractivity contribution in [3.05, 3.63) is 34.6 Å². The number of methoxy groups -OCH3 is 2. The summed E-state index contributed by atoms with van der Waals surface area (Å²) in [5.74, 6) is 0.820. The summed E-state index contributed by atoms with van der Waals surface area (Å²) in [7, 11) is 3.47. The molecule has 0 bridgehead atoms. The van der Waals surface area contributed by atoms with E-state index in [0.717, 1.165) is 48.2 Å². The number of hydrogen-bond donors (Lipinski definition) is 0. The number of ether oxygens (including phenoxy) is 2. The molecular formula is C19H24N4O2S. The summed E-state index contributed by atoms with van der Waals surface area (Å²) in [6, 6.07) is 8.19. The van der Waals surface area contributed by atoms with E-state index in [1.165, 1.54) is 5.56 Å². The van der Waals surface area contributed by atoms with Crippen LogP contribution in [0, 0.1) is 11.7 Å². The molecule has 0 aliphatic carbocycles. The fourth-order valence-electron chi connectivity index (χ4n) is 3.74. The van der Waals surface area contributed by atoms with E-state index in [9.17, 15) is 0 Å². The SMILES string of the molecule is COc1ccc2c(C)cc3nn(CN4CCC(OC)CC4)c(=S)n3c2c1. The Bertz CT molecular complexity index is 1000. The van der Waals surface area contributed by atoms with Gasteiger partial charge < -0.3 is 9.47 Å². The smallest absolute Gasteiger partial charge is 0.204 e. The molecule has 7 heteroatoms. The van der Waals surface area contributed by atoms with Gasteiger partial charge in [-0.25, -0.2) is 4.68 Å². The molecule has 0 saturated carbocycles. The Balaban J connectivity index is 1.75. The molecule has 0 N–H and O–H groups in total. The molecule has 1 aliphatic rings. The highest BCUT2D eigenvalue weighted by Crippen LogP contribution is 2.26. The van der Waals surface area contributed by atoms with E-state index in [2.05, 4.69) is 24.0 Å². The van der Waals surface area contributed by atoms with Crippen LogP contribution in [-0.4, -0.2) is 52.5 Å². The van der Waals surface area contributed by atoms with Gasteiger partial charge in [-0.3, -0.25) is 9.30 Å². The second-order valence-corrected chi connectivity index (χ2v) is 7.25. The number of aromatic nitrogens is 3. The van der Waals surface area contributed by atoms with E-state index in [-0.39, 0.29) is 0 Å². The number of pyridine rings is 1. The van der Waals surface area contributed by atoms with Gasteiger partial charge in [0.15, 0.2) is 5.65 Å². The van der Waals surface area contributed by atoms with E-state index in [1.54, 1.807) is 14.2 Å². The van der Waals surface area contributed by atoms with Crippen molar-refractivity contribution in [1.29, 1.82) is 0 Å². The number of piperidine rings is 1. The lowest BCUT2D eigenvalue weighted by Crippen LogP contribution is -2.38. The summed E-state index contributed by atoms with van der Waals surface area (Å²) in [5, 5.41) is 5.94. The van der Waals surface area contributed by atoms with Crippen molar-refractivity contribution >= 4 is 28.8 Å². The molecule has 0 spiro atoms. The van der Waals surface area contributed by atoms with Crippen LogP contribution >= 0.6 is 12.2 Å².